The van der Waals surface area contributed by atoms with E-state index >= 15 is 0 Å². The van der Waals surface area contributed by atoms with Gasteiger partial charge in [0, 0.05) is 23.3 Å². The van der Waals surface area contributed by atoms with Gasteiger partial charge in [-0.15, -0.1) is 0 Å². The number of nitrogens with zero attached hydrogens (tertiary/aromatic N) is 3. The van der Waals surface area contributed by atoms with Crippen LogP contribution in [0.25, 0.3) is 0 Å². The van der Waals surface area contributed by atoms with E-state index in [1.54, 1.807) is 25.1 Å². The maximum atomic E-state index is 12.6. The van der Waals surface area contributed by atoms with Crippen molar-refractivity contribution in [1.29, 1.82) is 5.26 Å². The number of carbonyl (C=O) groups excluding carboxylic acids is 2. The number of halogens is 2. The van der Waals surface area contributed by atoms with Crippen molar-refractivity contribution < 1.29 is 19.2 Å². The molecule has 0 spiro atoms. The molecule has 0 aliphatic rings. The van der Waals surface area contributed by atoms with E-state index in [0.29, 0.717) is 10.7 Å². The summed E-state index contributed by atoms with van der Waals surface area (Å²) >= 11 is 11.7. The lowest BCUT2D eigenvalue weighted by Gasteiger charge is -2.22. The third-order valence-electron chi connectivity index (χ3n) is 3.91. The Morgan fingerprint density at radius 1 is 1.21 bits per heavy atom. The molecule has 2 rings (SSSR count). The lowest BCUT2D eigenvalue weighted by molar-refractivity contribution is -0.384. The summed E-state index contributed by atoms with van der Waals surface area (Å²) in [6, 6.07) is 10.3. The highest BCUT2D eigenvalue weighted by Crippen LogP contribution is 2.26. The Kier molecular flexibility index (Phi) is 7.53. The molecule has 0 unspecified atom stereocenters. The first kappa shape index (κ1) is 22.1. The molecular weight excluding hydrogens is 421 g/mol. The minimum atomic E-state index is -0.911. The summed E-state index contributed by atoms with van der Waals surface area (Å²) in [5.74, 6) is -1.47. The molecule has 0 saturated heterocycles. The van der Waals surface area contributed by atoms with Gasteiger partial charge in [0.2, 0.25) is 0 Å². The van der Waals surface area contributed by atoms with Crippen molar-refractivity contribution in [2.75, 3.05) is 18.1 Å². The maximum Gasteiger partial charge on any atom is 0.338 e. The summed E-state index contributed by atoms with van der Waals surface area (Å²) in [7, 11) is 0. The van der Waals surface area contributed by atoms with Gasteiger partial charge >= 0.3 is 5.97 Å². The van der Waals surface area contributed by atoms with Crippen LogP contribution in [0.15, 0.2) is 36.4 Å². The van der Waals surface area contributed by atoms with E-state index in [1.165, 1.54) is 17.0 Å². The number of anilines is 1. The fourth-order valence-electron chi connectivity index (χ4n) is 2.42. The van der Waals surface area contributed by atoms with Gasteiger partial charge in [0.15, 0.2) is 6.61 Å². The Bertz CT molecular complexity index is 1000. The zero-order valence-electron chi connectivity index (χ0n) is 15.2. The second-order valence-corrected chi connectivity index (χ2v) is 6.70. The molecule has 0 saturated carbocycles. The maximum absolute atomic E-state index is 12.6. The largest absolute Gasteiger partial charge is 0.452 e. The zero-order chi connectivity index (χ0) is 21.6. The second kappa shape index (κ2) is 9.87. The molecular formula is C19H15Cl2N3O5. The monoisotopic (exact) mass is 435 g/mol. The third-order valence-corrected chi connectivity index (χ3v) is 4.65. The highest BCUT2D eigenvalue weighted by molar-refractivity contribution is 6.32. The first-order valence-electron chi connectivity index (χ1n) is 8.29. The van der Waals surface area contributed by atoms with Gasteiger partial charge in [0.05, 0.1) is 23.0 Å². The summed E-state index contributed by atoms with van der Waals surface area (Å²) in [6.45, 7) is 1.26. The SMILES string of the molecule is Cc1cc(N(CCC#N)C(=O)COC(=O)c2ccc(Cl)c([N+](=O)[O-])c2)ccc1Cl. The molecule has 0 aliphatic heterocycles. The number of benzene rings is 2. The van der Waals surface area contributed by atoms with Crippen LogP contribution in [0.5, 0.6) is 0 Å². The lowest BCUT2D eigenvalue weighted by Crippen LogP contribution is -2.35. The summed E-state index contributed by atoms with van der Waals surface area (Å²) in [4.78, 5) is 36.3. The van der Waals surface area contributed by atoms with Crippen molar-refractivity contribution in [3.8, 4) is 6.07 Å². The fraction of sp³-hybridized carbons (Fsp3) is 0.211. The lowest BCUT2D eigenvalue weighted by atomic mass is 10.2. The summed E-state index contributed by atoms with van der Waals surface area (Å²) in [6.07, 6.45) is 0.0741. The van der Waals surface area contributed by atoms with Crippen molar-refractivity contribution in [2.24, 2.45) is 0 Å². The molecule has 0 heterocycles. The minimum Gasteiger partial charge on any atom is -0.452 e. The van der Waals surface area contributed by atoms with E-state index in [1.807, 2.05) is 6.07 Å². The van der Waals surface area contributed by atoms with Crippen molar-refractivity contribution in [3.63, 3.8) is 0 Å². The summed E-state index contributed by atoms with van der Waals surface area (Å²) in [5, 5.41) is 20.2. The highest BCUT2D eigenvalue weighted by atomic mass is 35.5. The van der Waals surface area contributed by atoms with Gasteiger partial charge in [-0.05, 0) is 42.8 Å². The van der Waals surface area contributed by atoms with Crippen molar-refractivity contribution in [3.05, 3.63) is 67.7 Å². The number of nitro benzene ring substituents is 1. The predicted octanol–water partition coefficient (Wildman–Crippen LogP) is 4.31. The number of ether oxygens (including phenoxy) is 1. The Balaban J connectivity index is 2.14. The quantitative estimate of drug-likeness (QED) is 0.363. The molecule has 0 aromatic heterocycles. The standard InChI is InChI=1S/C19H15Cl2N3O5/c1-12-9-14(4-6-15(12)20)23(8-2-7-22)18(25)11-29-19(26)13-3-5-16(21)17(10-13)24(27)28/h3-6,9-10H,2,8,11H2,1H3. The molecule has 1 amide bonds. The van der Waals surface area contributed by atoms with E-state index in [4.69, 9.17) is 33.2 Å². The van der Waals surface area contributed by atoms with E-state index in [-0.39, 0.29) is 23.6 Å². The normalized spacial score (nSPS) is 10.1. The number of nitro groups is 1. The Morgan fingerprint density at radius 2 is 1.90 bits per heavy atom. The number of aryl methyl sites for hydroxylation is 1. The molecule has 29 heavy (non-hydrogen) atoms. The topological polar surface area (TPSA) is 114 Å². The van der Waals surface area contributed by atoms with Crippen LogP contribution in [0, 0.1) is 28.4 Å². The van der Waals surface area contributed by atoms with Gasteiger partial charge in [-0.1, -0.05) is 23.2 Å². The van der Waals surface area contributed by atoms with Gasteiger partial charge in [-0.3, -0.25) is 14.9 Å². The van der Waals surface area contributed by atoms with Gasteiger partial charge in [0.1, 0.15) is 5.02 Å². The van der Waals surface area contributed by atoms with Gasteiger partial charge < -0.3 is 9.64 Å². The van der Waals surface area contributed by atoms with Crippen molar-refractivity contribution in [1.82, 2.24) is 0 Å². The van der Waals surface area contributed by atoms with Crippen LogP contribution in [0.4, 0.5) is 11.4 Å². The first-order valence-corrected chi connectivity index (χ1v) is 9.04. The molecule has 2 aromatic carbocycles. The number of hydrogen-bond donors (Lipinski definition) is 0. The summed E-state index contributed by atoms with van der Waals surface area (Å²) in [5.41, 5.74) is 0.689. The molecule has 0 atom stereocenters. The van der Waals surface area contributed by atoms with Crippen LogP contribution in [0.2, 0.25) is 10.0 Å². The molecule has 0 aliphatic carbocycles. The van der Waals surface area contributed by atoms with Gasteiger partial charge in [-0.25, -0.2) is 4.79 Å². The Morgan fingerprint density at radius 3 is 2.52 bits per heavy atom. The van der Waals surface area contributed by atoms with E-state index in [2.05, 4.69) is 0 Å². The van der Waals surface area contributed by atoms with Crippen molar-refractivity contribution >= 4 is 46.5 Å². The molecule has 150 valence electrons. The number of amides is 1. The fourth-order valence-corrected chi connectivity index (χ4v) is 2.73. The average molecular weight is 436 g/mol. The van der Waals surface area contributed by atoms with E-state index in [0.717, 1.165) is 11.6 Å². The number of rotatable bonds is 7. The molecule has 0 N–H and O–H groups in total. The summed E-state index contributed by atoms with van der Waals surface area (Å²) < 4.78 is 5.00. The molecule has 8 nitrogen and oxygen atoms in total. The number of esters is 1. The average Bonchev–Trinajstić information content (AvgIpc) is 2.69. The van der Waals surface area contributed by atoms with Crippen LogP contribution in [0.1, 0.15) is 22.3 Å². The van der Waals surface area contributed by atoms with Crippen LogP contribution >= 0.6 is 23.2 Å². The molecule has 0 fully saturated rings. The van der Waals surface area contributed by atoms with E-state index < -0.39 is 29.1 Å². The zero-order valence-corrected chi connectivity index (χ0v) is 16.7. The predicted molar refractivity (Wildman–Crippen MR) is 107 cm³/mol. The molecule has 0 radical (unpaired) electrons. The number of carbonyl (C=O) groups is 2. The van der Waals surface area contributed by atoms with Crippen LogP contribution in [-0.2, 0) is 9.53 Å². The molecule has 10 heteroatoms. The Hall–Kier alpha value is -3.15. The van der Waals surface area contributed by atoms with Crippen LogP contribution < -0.4 is 4.90 Å². The highest BCUT2D eigenvalue weighted by Gasteiger charge is 2.21. The van der Waals surface area contributed by atoms with Crippen molar-refractivity contribution in [2.45, 2.75) is 13.3 Å². The smallest absolute Gasteiger partial charge is 0.338 e. The second-order valence-electron chi connectivity index (χ2n) is 5.89. The molecule has 2 aromatic rings. The number of nitriles is 1. The Labute approximate surface area is 176 Å². The van der Waals surface area contributed by atoms with Crippen LogP contribution in [-0.4, -0.2) is 30.0 Å². The third kappa shape index (κ3) is 5.67. The first-order chi connectivity index (χ1) is 13.7. The minimum absolute atomic E-state index is 0.0741. The van der Waals surface area contributed by atoms with Gasteiger partial charge in [0.25, 0.3) is 11.6 Å². The van der Waals surface area contributed by atoms with E-state index in [9.17, 15) is 19.7 Å². The van der Waals surface area contributed by atoms with Crippen LogP contribution in [0.3, 0.4) is 0 Å². The number of hydrogen-bond acceptors (Lipinski definition) is 6. The molecule has 0 bridgehead atoms. The van der Waals surface area contributed by atoms with Gasteiger partial charge in [-0.2, -0.15) is 5.26 Å².